The number of hydrogen-bond acceptors (Lipinski definition) is 6. The summed E-state index contributed by atoms with van der Waals surface area (Å²) in [6, 6.07) is 0. The first-order valence-electron chi connectivity index (χ1n) is 4.38. The fourth-order valence-corrected chi connectivity index (χ4v) is 1.60. The average molecular weight is 286 g/mol. The lowest BCUT2D eigenvalue weighted by atomic mass is 10.3. The summed E-state index contributed by atoms with van der Waals surface area (Å²) in [7, 11) is -2.01. The zero-order chi connectivity index (χ0) is 14.1. The SMILES string of the molecule is COc1nc(S(C)(=O)=O)nc(OC)c1C(F)(F)F. The van der Waals surface area contributed by atoms with E-state index in [1.165, 1.54) is 0 Å². The Bertz CT molecular complexity index is 531. The standard InChI is InChI=1S/C8H9F3N2O4S/c1-16-5-4(8(9,10)11)6(17-2)13-7(12-5)18(3,14)15/h1-3H3. The Morgan fingerprint density at radius 1 is 1.06 bits per heavy atom. The largest absolute Gasteiger partial charge is 0.480 e. The number of aromatic nitrogens is 2. The second kappa shape index (κ2) is 4.59. The van der Waals surface area contributed by atoms with Gasteiger partial charge in [-0.1, -0.05) is 0 Å². The molecule has 0 aliphatic rings. The third kappa shape index (κ3) is 2.81. The van der Waals surface area contributed by atoms with Crippen molar-refractivity contribution in [3.8, 4) is 11.8 Å². The van der Waals surface area contributed by atoms with Gasteiger partial charge in [0, 0.05) is 6.26 Å². The molecule has 1 aromatic heterocycles. The fourth-order valence-electron chi connectivity index (χ4n) is 1.11. The maximum absolute atomic E-state index is 12.7. The number of rotatable bonds is 3. The van der Waals surface area contributed by atoms with Crippen molar-refractivity contribution in [2.45, 2.75) is 11.3 Å². The van der Waals surface area contributed by atoms with Gasteiger partial charge in [-0.2, -0.15) is 23.1 Å². The number of sulfone groups is 1. The summed E-state index contributed by atoms with van der Waals surface area (Å²) < 4.78 is 69.5. The second-order valence-corrected chi connectivity index (χ2v) is 5.08. The predicted octanol–water partition coefficient (Wildman–Crippen LogP) is 0.916. The molecule has 6 nitrogen and oxygen atoms in total. The highest BCUT2D eigenvalue weighted by Gasteiger charge is 2.41. The van der Waals surface area contributed by atoms with E-state index in [-0.39, 0.29) is 0 Å². The Hall–Kier alpha value is -1.58. The molecule has 0 atom stereocenters. The highest BCUT2D eigenvalue weighted by atomic mass is 32.2. The van der Waals surface area contributed by atoms with Crippen LogP contribution in [0.2, 0.25) is 0 Å². The quantitative estimate of drug-likeness (QED) is 0.769. The molecule has 0 radical (unpaired) electrons. The molecule has 102 valence electrons. The van der Waals surface area contributed by atoms with Gasteiger partial charge in [-0.15, -0.1) is 0 Å². The van der Waals surface area contributed by atoms with E-state index >= 15 is 0 Å². The first-order chi connectivity index (χ1) is 8.11. The fraction of sp³-hybridized carbons (Fsp3) is 0.500. The number of ether oxygens (including phenoxy) is 2. The van der Waals surface area contributed by atoms with Gasteiger partial charge in [-0.25, -0.2) is 8.42 Å². The normalized spacial score (nSPS) is 12.3. The highest BCUT2D eigenvalue weighted by Crippen LogP contribution is 2.40. The van der Waals surface area contributed by atoms with Crippen molar-refractivity contribution < 1.29 is 31.1 Å². The van der Waals surface area contributed by atoms with Gasteiger partial charge in [0.15, 0.2) is 5.56 Å². The second-order valence-electron chi connectivity index (χ2n) is 3.17. The van der Waals surface area contributed by atoms with Crippen LogP contribution in [0.15, 0.2) is 5.16 Å². The number of hydrogen-bond donors (Lipinski definition) is 0. The van der Waals surface area contributed by atoms with Crippen LogP contribution in [0.25, 0.3) is 0 Å². The summed E-state index contributed by atoms with van der Waals surface area (Å²) in [5.74, 6) is -1.82. The van der Waals surface area contributed by atoms with Crippen molar-refractivity contribution in [2.24, 2.45) is 0 Å². The Balaban J connectivity index is 3.65. The van der Waals surface area contributed by atoms with Crippen LogP contribution in [0.5, 0.6) is 11.8 Å². The summed E-state index contributed by atoms with van der Waals surface area (Å²) in [6.45, 7) is 0. The molecule has 0 fully saturated rings. The van der Waals surface area contributed by atoms with Crippen molar-refractivity contribution >= 4 is 9.84 Å². The van der Waals surface area contributed by atoms with Crippen LogP contribution in [-0.4, -0.2) is 38.9 Å². The van der Waals surface area contributed by atoms with Crippen molar-refractivity contribution in [1.82, 2.24) is 9.97 Å². The van der Waals surface area contributed by atoms with Crippen LogP contribution in [-0.2, 0) is 16.0 Å². The lowest BCUT2D eigenvalue weighted by Crippen LogP contribution is -2.15. The summed E-state index contributed by atoms with van der Waals surface area (Å²) in [6.07, 6.45) is -4.07. The molecule has 0 spiro atoms. The zero-order valence-electron chi connectivity index (χ0n) is 9.57. The van der Waals surface area contributed by atoms with Gasteiger partial charge in [0.25, 0.3) is 5.16 Å². The van der Waals surface area contributed by atoms with Crippen LogP contribution in [0.1, 0.15) is 5.56 Å². The Labute approximate surface area is 101 Å². The summed E-state index contributed by atoms with van der Waals surface area (Å²) >= 11 is 0. The lowest BCUT2D eigenvalue weighted by Gasteiger charge is -2.14. The van der Waals surface area contributed by atoms with Gasteiger partial charge in [-0.05, 0) is 0 Å². The van der Waals surface area contributed by atoms with Gasteiger partial charge < -0.3 is 9.47 Å². The molecule has 18 heavy (non-hydrogen) atoms. The number of methoxy groups -OCH3 is 2. The van der Waals surface area contributed by atoms with Crippen LogP contribution < -0.4 is 9.47 Å². The Morgan fingerprint density at radius 2 is 1.44 bits per heavy atom. The molecule has 0 N–H and O–H groups in total. The minimum atomic E-state index is -4.83. The molecular weight excluding hydrogens is 277 g/mol. The predicted molar refractivity (Wildman–Crippen MR) is 53.2 cm³/mol. The molecule has 10 heteroatoms. The van der Waals surface area contributed by atoms with Crippen molar-refractivity contribution in [3.05, 3.63) is 5.56 Å². The van der Waals surface area contributed by atoms with E-state index in [0.717, 1.165) is 20.5 Å². The van der Waals surface area contributed by atoms with Gasteiger partial charge in [-0.3, -0.25) is 0 Å². The maximum Gasteiger partial charge on any atom is 0.426 e. The maximum atomic E-state index is 12.7. The summed E-state index contributed by atoms with van der Waals surface area (Å²) in [5, 5.41) is -0.802. The minimum absolute atomic E-state index is 0.758. The Morgan fingerprint density at radius 3 is 1.67 bits per heavy atom. The van der Waals surface area contributed by atoms with Gasteiger partial charge in [0.1, 0.15) is 0 Å². The van der Waals surface area contributed by atoms with Gasteiger partial charge >= 0.3 is 6.18 Å². The molecule has 0 unspecified atom stereocenters. The molecule has 0 amide bonds. The van der Waals surface area contributed by atoms with E-state index in [1.807, 2.05) is 0 Å². The lowest BCUT2D eigenvalue weighted by molar-refractivity contribution is -0.140. The molecule has 0 aliphatic carbocycles. The molecular formula is C8H9F3N2O4S. The molecule has 1 aromatic rings. The van der Waals surface area contributed by atoms with E-state index in [1.54, 1.807) is 0 Å². The molecule has 0 saturated carbocycles. The monoisotopic (exact) mass is 286 g/mol. The van der Waals surface area contributed by atoms with Crippen molar-refractivity contribution in [1.29, 1.82) is 0 Å². The number of halogens is 3. The zero-order valence-corrected chi connectivity index (χ0v) is 10.4. The first-order valence-corrected chi connectivity index (χ1v) is 6.27. The van der Waals surface area contributed by atoms with E-state index in [0.29, 0.717) is 0 Å². The molecule has 1 heterocycles. The first kappa shape index (κ1) is 14.5. The van der Waals surface area contributed by atoms with Crippen LogP contribution in [0.4, 0.5) is 13.2 Å². The number of nitrogens with zero attached hydrogens (tertiary/aromatic N) is 2. The van der Waals surface area contributed by atoms with E-state index in [9.17, 15) is 21.6 Å². The van der Waals surface area contributed by atoms with Crippen molar-refractivity contribution in [2.75, 3.05) is 20.5 Å². The van der Waals surface area contributed by atoms with E-state index in [4.69, 9.17) is 0 Å². The van der Waals surface area contributed by atoms with Gasteiger partial charge in [0.05, 0.1) is 14.2 Å². The van der Waals surface area contributed by atoms with E-state index < -0.39 is 38.5 Å². The molecule has 0 aromatic carbocycles. The van der Waals surface area contributed by atoms with Crippen molar-refractivity contribution in [3.63, 3.8) is 0 Å². The Kier molecular flexibility index (Phi) is 3.70. The molecule has 1 rings (SSSR count). The third-order valence-corrected chi connectivity index (χ3v) is 2.67. The third-order valence-electron chi connectivity index (χ3n) is 1.82. The smallest absolute Gasteiger partial charge is 0.426 e. The summed E-state index contributed by atoms with van der Waals surface area (Å²) in [5.41, 5.74) is -1.36. The number of alkyl halides is 3. The summed E-state index contributed by atoms with van der Waals surface area (Å²) in [4.78, 5) is 6.43. The van der Waals surface area contributed by atoms with Crippen LogP contribution in [0, 0.1) is 0 Å². The van der Waals surface area contributed by atoms with Crippen LogP contribution in [0.3, 0.4) is 0 Å². The molecule has 0 bridgehead atoms. The van der Waals surface area contributed by atoms with Crippen LogP contribution >= 0.6 is 0 Å². The highest BCUT2D eigenvalue weighted by molar-refractivity contribution is 7.90. The topological polar surface area (TPSA) is 78.4 Å². The molecule has 0 saturated heterocycles. The minimum Gasteiger partial charge on any atom is -0.480 e. The average Bonchev–Trinajstić information content (AvgIpc) is 2.24. The van der Waals surface area contributed by atoms with E-state index in [2.05, 4.69) is 19.4 Å². The van der Waals surface area contributed by atoms with Gasteiger partial charge in [0.2, 0.25) is 21.6 Å². The molecule has 0 aliphatic heterocycles.